The van der Waals surface area contributed by atoms with Crippen LogP contribution < -0.4 is 11.1 Å². The first-order valence-electron chi connectivity index (χ1n) is 5.88. The molecule has 0 spiro atoms. The van der Waals surface area contributed by atoms with Crippen LogP contribution in [0.3, 0.4) is 0 Å². The van der Waals surface area contributed by atoms with Crippen LogP contribution in [0.25, 0.3) is 0 Å². The van der Waals surface area contributed by atoms with Gasteiger partial charge in [-0.1, -0.05) is 30.3 Å². The molecule has 0 fully saturated rings. The van der Waals surface area contributed by atoms with E-state index in [-0.39, 0.29) is 12.1 Å². The van der Waals surface area contributed by atoms with Crippen LogP contribution in [0.15, 0.2) is 30.3 Å². The Morgan fingerprint density at radius 2 is 2.06 bits per heavy atom. The Labute approximate surface area is 103 Å². The number of rotatable bonds is 5. The molecule has 0 saturated heterocycles. The Morgan fingerprint density at radius 3 is 2.65 bits per heavy atom. The number of amides is 2. The molecule has 0 aliphatic heterocycles. The summed E-state index contributed by atoms with van der Waals surface area (Å²) in [4.78, 5) is 13.4. The van der Waals surface area contributed by atoms with Crippen molar-refractivity contribution in [2.45, 2.75) is 25.9 Å². The molecule has 17 heavy (non-hydrogen) atoms. The smallest absolute Gasteiger partial charge is 0.317 e. The van der Waals surface area contributed by atoms with E-state index < -0.39 is 0 Å². The van der Waals surface area contributed by atoms with Crippen molar-refractivity contribution < 1.29 is 4.79 Å². The lowest BCUT2D eigenvalue weighted by Gasteiger charge is -2.18. The minimum atomic E-state index is -0.0606. The number of nitrogens with two attached hydrogens (primary N) is 1. The summed E-state index contributed by atoms with van der Waals surface area (Å²) in [7, 11) is 1.78. The van der Waals surface area contributed by atoms with E-state index in [0.717, 1.165) is 12.0 Å². The van der Waals surface area contributed by atoms with E-state index in [2.05, 4.69) is 5.32 Å². The molecule has 0 bridgehead atoms. The molecule has 1 aromatic rings. The van der Waals surface area contributed by atoms with Crippen molar-refractivity contribution in [2.24, 2.45) is 5.73 Å². The zero-order valence-electron chi connectivity index (χ0n) is 10.5. The van der Waals surface area contributed by atoms with Gasteiger partial charge in [0.2, 0.25) is 0 Å². The van der Waals surface area contributed by atoms with Gasteiger partial charge in [-0.05, 0) is 18.9 Å². The first-order chi connectivity index (χ1) is 8.09. The fourth-order valence-electron chi connectivity index (χ4n) is 1.41. The van der Waals surface area contributed by atoms with E-state index in [4.69, 9.17) is 5.73 Å². The topological polar surface area (TPSA) is 58.4 Å². The second-order valence-corrected chi connectivity index (χ2v) is 4.33. The highest BCUT2D eigenvalue weighted by Crippen LogP contribution is 1.98. The molecule has 4 nitrogen and oxygen atoms in total. The van der Waals surface area contributed by atoms with Crippen molar-refractivity contribution in [3.63, 3.8) is 0 Å². The molecule has 3 N–H and O–H groups in total. The second-order valence-electron chi connectivity index (χ2n) is 4.33. The van der Waals surface area contributed by atoms with E-state index in [1.165, 1.54) is 0 Å². The number of hydrogen-bond donors (Lipinski definition) is 2. The third-order valence-electron chi connectivity index (χ3n) is 2.55. The third kappa shape index (κ3) is 5.36. The Bertz CT molecular complexity index is 338. The average Bonchev–Trinajstić information content (AvgIpc) is 2.34. The molecule has 4 heteroatoms. The third-order valence-corrected chi connectivity index (χ3v) is 2.55. The van der Waals surface area contributed by atoms with Gasteiger partial charge in [0.25, 0.3) is 0 Å². The minimum Gasteiger partial charge on any atom is -0.334 e. The maximum absolute atomic E-state index is 11.7. The van der Waals surface area contributed by atoms with Gasteiger partial charge in [-0.25, -0.2) is 4.79 Å². The summed E-state index contributed by atoms with van der Waals surface area (Å²) in [6, 6.07) is 9.92. The highest BCUT2D eigenvalue weighted by Gasteiger charge is 2.08. The molecule has 0 heterocycles. The van der Waals surface area contributed by atoms with Crippen LogP contribution in [0.2, 0.25) is 0 Å². The summed E-state index contributed by atoms with van der Waals surface area (Å²) < 4.78 is 0. The summed E-state index contributed by atoms with van der Waals surface area (Å²) in [5, 5.41) is 2.87. The number of carbonyl (C=O) groups is 1. The van der Waals surface area contributed by atoms with Crippen LogP contribution in [-0.4, -0.2) is 30.6 Å². The van der Waals surface area contributed by atoms with Gasteiger partial charge in [-0.15, -0.1) is 0 Å². The molecule has 0 aliphatic rings. The molecular formula is C13H21N3O. The first-order valence-corrected chi connectivity index (χ1v) is 5.88. The average molecular weight is 235 g/mol. The molecule has 94 valence electrons. The largest absolute Gasteiger partial charge is 0.334 e. The molecule has 1 atom stereocenters. The number of carbonyl (C=O) groups excluding carboxylic acids is 1. The predicted molar refractivity (Wildman–Crippen MR) is 69.6 cm³/mol. The fraction of sp³-hybridized carbons (Fsp3) is 0.462. The molecule has 0 saturated carbocycles. The van der Waals surface area contributed by atoms with Gasteiger partial charge in [0, 0.05) is 26.2 Å². The maximum atomic E-state index is 11.7. The lowest BCUT2D eigenvalue weighted by molar-refractivity contribution is 0.207. The van der Waals surface area contributed by atoms with E-state index in [1.807, 2.05) is 37.3 Å². The molecule has 0 aromatic heterocycles. The van der Waals surface area contributed by atoms with Gasteiger partial charge in [0.1, 0.15) is 0 Å². The molecule has 1 rings (SSSR count). The Kier molecular flexibility index (Phi) is 5.49. The SMILES string of the molecule is CC(N)CCN(C)C(=O)NCc1ccccc1. The van der Waals surface area contributed by atoms with Gasteiger partial charge >= 0.3 is 6.03 Å². The van der Waals surface area contributed by atoms with E-state index in [9.17, 15) is 4.79 Å². The van der Waals surface area contributed by atoms with Crippen LogP contribution in [0.5, 0.6) is 0 Å². The van der Waals surface area contributed by atoms with Crippen LogP contribution in [0, 0.1) is 0 Å². The number of nitrogens with zero attached hydrogens (tertiary/aromatic N) is 1. The number of nitrogens with one attached hydrogen (secondary N) is 1. The van der Waals surface area contributed by atoms with E-state index in [1.54, 1.807) is 11.9 Å². The number of urea groups is 1. The van der Waals surface area contributed by atoms with Crippen LogP contribution in [-0.2, 0) is 6.54 Å². The van der Waals surface area contributed by atoms with Crippen molar-refractivity contribution in [1.82, 2.24) is 10.2 Å². The van der Waals surface area contributed by atoms with Crippen molar-refractivity contribution in [3.05, 3.63) is 35.9 Å². The lowest BCUT2D eigenvalue weighted by atomic mass is 10.2. The highest BCUT2D eigenvalue weighted by molar-refractivity contribution is 5.73. The molecule has 1 aromatic carbocycles. The molecular weight excluding hydrogens is 214 g/mol. The fourth-order valence-corrected chi connectivity index (χ4v) is 1.41. The quantitative estimate of drug-likeness (QED) is 0.813. The second kappa shape index (κ2) is 6.91. The zero-order valence-corrected chi connectivity index (χ0v) is 10.5. The normalized spacial score (nSPS) is 11.9. The maximum Gasteiger partial charge on any atom is 0.317 e. The van der Waals surface area contributed by atoms with Crippen LogP contribution in [0.4, 0.5) is 4.79 Å². The van der Waals surface area contributed by atoms with Crippen molar-refractivity contribution in [2.75, 3.05) is 13.6 Å². The molecule has 0 aliphatic carbocycles. The minimum absolute atomic E-state index is 0.0606. The van der Waals surface area contributed by atoms with Crippen molar-refractivity contribution in [3.8, 4) is 0 Å². The van der Waals surface area contributed by atoms with E-state index >= 15 is 0 Å². The summed E-state index contributed by atoms with van der Waals surface area (Å²) in [6.07, 6.45) is 0.815. The highest BCUT2D eigenvalue weighted by atomic mass is 16.2. The number of hydrogen-bond acceptors (Lipinski definition) is 2. The Balaban J connectivity index is 2.29. The monoisotopic (exact) mass is 235 g/mol. The Hall–Kier alpha value is -1.55. The predicted octanol–water partition coefficient (Wildman–Crippen LogP) is 1.57. The summed E-state index contributed by atoms with van der Waals surface area (Å²) in [6.45, 7) is 3.18. The van der Waals surface area contributed by atoms with Crippen LogP contribution in [0.1, 0.15) is 18.9 Å². The first kappa shape index (κ1) is 13.5. The summed E-state index contributed by atoms with van der Waals surface area (Å²) in [5.74, 6) is 0. The van der Waals surface area contributed by atoms with Crippen LogP contribution >= 0.6 is 0 Å². The van der Waals surface area contributed by atoms with Crippen molar-refractivity contribution >= 4 is 6.03 Å². The van der Waals surface area contributed by atoms with Gasteiger partial charge in [0.05, 0.1) is 0 Å². The van der Waals surface area contributed by atoms with Gasteiger partial charge < -0.3 is 16.0 Å². The van der Waals surface area contributed by atoms with Crippen molar-refractivity contribution in [1.29, 1.82) is 0 Å². The summed E-state index contributed by atoms with van der Waals surface area (Å²) in [5.41, 5.74) is 6.75. The summed E-state index contributed by atoms with van der Waals surface area (Å²) >= 11 is 0. The van der Waals surface area contributed by atoms with Gasteiger partial charge in [-0.3, -0.25) is 0 Å². The zero-order chi connectivity index (χ0) is 12.7. The molecule has 0 radical (unpaired) electrons. The van der Waals surface area contributed by atoms with Gasteiger partial charge in [-0.2, -0.15) is 0 Å². The van der Waals surface area contributed by atoms with Gasteiger partial charge in [0.15, 0.2) is 0 Å². The lowest BCUT2D eigenvalue weighted by Crippen LogP contribution is -2.38. The Morgan fingerprint density at radius 1 is 1.41 bits per heavy atom. The van der Waals surface area contributed by atoms with E-state index in [0.29, 0.717) is 13.1 Å². The molecule has 1 unspecified atom stereocenters. The standard InChI is InChI=1S/C13H21N3O/c1-11(14)8-9-16(2)13(17)15-10-12-6-4-3-5-7-12/h3-7,11H,8-10,14H2,1-2H3,(H,15,17). The molecule has 2 amide bonds. The number of benzene rings is 1.